The van der Waals surface area contributed by atoms with Gasteiger partial charge in [-0.1, -0.05) is 0 Å². The van der Waals surface area contributed by atoms with Crippen molar-refractivity contribution in [2.75, 3.05) is 0 Å². The van der Waals surface area contributed by atoms with Gasteiger partial charge in [0.1, 0.15) is 5.78 Å². The molecule has 0 radical (unpaired) electrons. The number of hydrogen-bond acceptors (Lipinski definition) is 2. The van der Waals surface area contributed by atoms with Crippen molar-refractivity contribution >= 4 is 11.6 Å². The molecule has 0 bridgehead atoms. The highest BCUT2D eigenvalue weighted by atomic mass is 16.1. The van der Waals surface area contributed by atoms with E-state index in [9.17, 15) is 4.79 Å². The van der Waals surface area contributed by atoms with Crippen molar-refractivity contribution in [1.82, 2.24) is 0 Å². The lowest BCUT2D eigenvalue weighted by molar-refractivity contribution is -0.115. The molecule has 3 heteroatoms. The van der Waals surface area contributed by atoms with Gasteiger partial charge in [0.25, 0.3) is 0 Å². The first-order chi connectivity index (χ1) is 3.13. The van der Waals surface area contributed by atoms with E-state index >= 15 is 0 Å². The Kier molecular flexibility index (Phi) is 2.05. The summed E-state index contributed by atoms with van der Waals surface area (Å²) in [5.74, 6) is -0.125. The van der Waals surface area contributed by atoms with Gasteiger partial charge in [-0.25, -0.2) is 0 Å². The third-order valence-corrected chi connectivity index (χ3v) is 0.439. The molecule has 0 aliphatic rings. The molecule has 0 heterocycles. The highest BCUT2D eigenvalue weighted by Crippen LogP contribution is 1.75. The number of Topliss-reactive ketones (excluding diaryl/α,β-unsaturated/α-hetero) is 1. The Hall–Kier alpha value is -0.860. The molecule has 0 saturated carbocycles. The molecule has 7 heavy (non-hydrogen) atoms. The highest BCUT2D eigenvalue weighted by Gasteiger charge is 1.91. The molecule has 0 aromatic carbocycles. The van der Waals surface area contributed by atoms with Gasteiger partial charge in [0.15, 0.2) is 0 Å². The van der Waals surface area contributed by atoms with Crippen LogP contribution >= 0.6 is 0 Å². The second-order valence-corrected chi connectivity index (χ2v) is 1.40. The van der Waals surface area contributed by atoms with Gasteiger partial charge in [-0.2, -0.15) is 0 Å². The van der Waals surface area contributed by atoms with Gasteiger partial charge >= 0.3 is 0 Å². The van der Waals surface area contributed by atoms with E-state index < -0.39 is 0 Å². The topological polar surface area (TPSA) is 66.9 Å². The number of nitrogens with one attached hydrogen (secondary N) is 1. The SMILES string of the molecule is CC(=O)CC(=N)N. The molecule has 0 aliphatic carbocycles. The molecule has 0 aromatic rings. The fourth-order valence-corrected chi connectivity index (χ4v) is 0.268. The molecule has 3 N–H and O–H groups in total. The maximum Gasteiger partial charge on any atom is 0.137 e. The Labute approximate surface area is 42.0 Å². The lowest BCUT2D eigenvalue weighted by atomic mass is 10.3. The van der Waals surface area contributed by atoms with Crippen LogP contribution in [-0.2, 0) is 4.79 Å². The molecule has 0 spiro atoms. The highest BCUT2D eigenvalue weighted by molar-refractivity contribution is 5.97. The predicted octanol–water partition coefficient (Wildman–Crippen LogP) is -0.0985. The van der Waals surface area contributed by atoms with Crippen LogP contribution in [0, 0.1) is 5.41 Å². The van der Waals surface area contributed by atoms with Crippen LogP contribution in [-0.4, -0.2) is 11.6 Å². The molecule has 40 valence electrons. The summed E-state index contributed by atoms with van der Waals surface area (Å²) in [5, 5.41) is 6.58. The smallest absolute Gasteiger partial charge is 0.137 e. The average molecular weight is 100 g/mol. The fourth-order valence-electron chi connectivity index (χ4n) is 0.268. The number of ketones is 1. The van der Waals surface area contributed by atoms with Crippen molar-refractivity contribution in [3.63, 3.8) is 0 Å². The lowest BCUT2D eigenvalue weighted by Crippen LogP contribution is -2.12. The van der Waals surface area contributed by atoms with Crippen molar-refractivity contribution in [2.45, 2.75) is 13.3 Å². The summed E-state index contributed by atoms with van der Waals surface area (Å²) in [6.45, 7) is 1.40. The molecule has 0 atom stereocenters. The Morgan fingerprint density at radius 3 is 2.29 bits per heavy atom. The monoisotopic (exact) mass is 100 g/mol. The van der Waals surface area contributed by atoms with E-state index in [-0.39, 0.29) is 18.0 Å². The van der Waals surface area contributed by atoms with Crippen molar-refractivity contribution < 1.29 is 4.79 Å². The van der Waals surface area contributed by atoms with Crippen LogP contribution in [0.25, 0.3) is 0 Å². The summed E-state index contributed by atoms with van der Waals surface area (Å²) in [6, 6.07) is 0. The van der Waals surface area contributed by atoms with E-state index in [1.807, 2.05) is 0 Å². The van der Waals surface area contributed by atoms with Crippen LogP contribution in [0.1, 0.15) is 13.3 Å². The molecule has 0 saturated heterocycles. The van der Waals surface area contributed by atoms with Gasteiger partial charge in [0.05, 0.1) is 12.3 Å². The Balaban J connectivity index is 3.32. The van der Waals surface area contributed by atoms with E-state index in [0.717, 1.165) is 0 Å². The summed E-state index contributed by atoms with van der Waals surface area (Å²) in [5.41, 5.74) is 4.86. The minimum absolute atomic E-state index is 0.0625. The third-order valence-electron chi connectivity index (χ3n) is 0.439. The molecular weight excluding hydrogens is 92.1 g/mol. The Morgan fingerprint density at radius 2 is 2.29 bits per heavy atom. The van der Waals surface area contributed by atoms with Crippen LogP contribution < -0.4 is 5.73 Å². The molecular formula is C4H8N2O. The first-order valence-corrected chi connectivity index (χ1v) is 1.95. The van der Waals surface area contributed by atoms with Crippen molar-refractivity contribution in [2.24, 2.45) is 5.73 Å². The number of amidine groups is 1. The molecule has 0 fully saturated rings. The molecule has 0 unspecified atom stereocenters. The Morgan fingerprint density at radius 1 is 1.86 bits per heavy atom. The van der Waals surface area contributed by atoms with Gasteiger partial charge in [-0.05, 0) is 6.92 Å². The van der Waals surface area contributed by atoms with Gasteiger partial charge in [0.2, 0.25) is 0 Å². The van der Waals surface area contributed by atoms with E-state index in [0.29, 0.717) is 0 Å². The number of carbonyl (C=O) groups is 1. The van der Waals surface area contributed by atoms with Gasteiger partial charge in [0, 0.05) is 0 Å². The van der Waals surface area contributed by atoms with Crippen LogP contribution in [0.15, 0.2) is 0 Å². The molecule has 0 rings (SSSR count). The Bertz CT molecular complexity index is 85.9. The molecule has 0 aromatic heterocycles. The fraction of sp³-hybridized carbons (Fsp3) is 0.500. The zero-order chi connectivity index (χ0) is 5.86. The standard InChI is InChI=1S/C4H8N2O/c1-3(7)2-4(5)6/h2H2,1H3,(H3,5,6). The first kappa shape index (κ1) is 6.14. The number of carbonyl (C=O) groups excluding carboxylic acids is 1. The van der Waals surface area contributed by atoms with E-state index in [1.165, 1.54) is 6.92 Å². The summed E-state index contributed by atoms with van der Waals surface area (Å²) >= 11 is 0. The van der Waals surface area contributed by atoms with E-state index in [4.69, 9.17) is 11.1 Å². The number of hydrogen-bond donors (Lipinski definition) is 2. The van der Waals surface area contributed by atoms with Crippen LogP contribution in [0.4, 0.5) is 0 Å². The molecule has 0 amide bonds. The largest absolute Gasteiger partial charge is 0.387 e. The average Bonchev–Trinajstić information content (AvgIpc) is 1.27. The van der Waals surface area contributed by atoms with Gasteiger partial charge < -0.3 is 5.73 Å². The molecule has 3 nitrogen and oxygen atoms in total. The second-order valence-electron chi connectivity index (χ2n) is 1.40. The van der Waals surface area contributed by atoms with Gasteiger partial charge in [-0.3, -0.25) is 10.2 Å². The number of nitrogens with two attached hydrogens (primary N) is 1. The third kappa shape index (κ3) is 5.14. The maximum atomic E-state index is 10.0. The second kappa shape index (κ2) is 2.34. The van der Waals surface area contributed by atoms with Crippen molar-refractivity contribution in [3.8, 4) is 0 Å². The van der Waals surface area contributed by atoms with E-state index in [1.54, 1.807) is 0 Å². The van der Waals surface area contributed by atoms with Gasteiger partial charge in [-0.15, -0.1) is 0 Å². The maximum absolute atomic E-state index is 10.0. The normalized spacial score (nSPS) is 8.14. The van der Waals surface area contributed by atoms with Crippen LogP contribution in [0.2, 0.25) is 0 Å². The minimum atomic E-state index is -0.0625. The van der Waals surface area contributed by atoms with Crippen molar-refractivity contribution in [1.29, 1.82) is 5.41 Å². The summed E-state index contributed by atoms with van der Waals surface area (Å²) in [6.07, 6.45) is 0.0833. The van der Waals surface area contributed by atoms with Crippen LogP contribution in [0.3, 0.4) is 0 Å². The first-order valence-electron chi connectivity index (χ1n) is 1.95. The zero-order valence-corrected chi connectivity index (χ0v) is 4.19. The van der Waals surface area contributed by atoms with E-state index in [2.05, 4.69) is 0 Å². The predicted molar refractivity (Wildman–Crippen MR) is 27.2 cm³/mol. The zero-order valence-electron chi connectivity index (χ0n) is 4.19. The van der Waals surface area contributed by atoms with Crippen LogP contribution in [0.5, 0.6) is 0 Å². The molecule has 0 aliphatic heterocycles. The number of rotatable bonds is 2. The summed E-state index contributed by atoms with van der Waals surface area (Å²) in [4.78, 5) is 10.0. The quantitative estimate of drug-likeness (QED) is 0.376. The lowest BCUT2D eigenvalue weighted by Gasteiger charge is -1.86. The summed E-state index contributed by atoms with van der Waals surface area (Å²) < 4.78 is 0. The van der Waals surface area contributed by atoms with Crippen molar-refractivity contribution in [3.05, 3.63) is 0 Å². The summed E-state index contributed by atoms with van der Waals surface area (Å²) in [7, 11) is 0. The minimum Gasteiger partial charge on any atom is -0.387 e.